The minimum Gasteiger partial charge on any atom is -0.493 e. The number of para-hydroxylation sites is 1. The molecule has 2 rings (SSSR count). The van der Waals surface area contributed by atoms with Gasteiger partial charge < -0.3 is 9.47 Å². The molecule has 0 aliphatic carbocycles. The highest BCUT2D eigenvalue weighted by molar-refractivity contribution is 9.11. The topological polar surface area (TPSA) is 35.5 Å². The first-order valence-corrected chi connectivity index (χ1v) is 7.80. The van der Waals surface area contributed by atoms with Crippen LogP contribution < -0.4 is 4.74 Å². The lowest BCUT2D eigenvalue weighted by Crippen LogP contribution is -2.09. The first-order valence-electron chi connectivity index (χ1n) is 7.01. The van der Waals surface area contributed by atoms with Gasteiger partial charge in [0.25, 0.3) is 0 Å². The Morgan fingerprint density at radius 1 is 1.00 bits per heavy atom. The Bertz CT molecular complexity index is 482. The molecule has 108 valence electrons. The summed E-state index contributed by atoms with van der Waals surface area (Å²) in [7, 11) is 0. The van der Waals surface area contributed by atoms with Gasteiger partial charge in [0.05, 0.1) is 13.2 Å². The molecule has 0 aromatic heterocycles. The first kappa shape index (κ1) is 15.1. The van der Waals surface area contributed by atoms with Crippen molar-refractivity contribution in [2.24, 2.45) is 0 Å². The molecule has 0 unspecified atom stereocenters. The number of fused-ring (bicyclic) bond motifs is 1. The lowest BCUT2D eigenvalue weighted by Gasteiger charge is -2.11. The van der Waals surface area contributed by atoms with E-state index in [2.05, 4.69) is 22.0 Å². The molecule has 20 heavy (non-hydrogen) atoms. The van der Waals surface area contributed by atoms with Gasteiger partial charge in [-0.3, -0.25) is 0 Å². The molecule has 0 saturated carbocycles. The molecule has 3 nitrogen and oxygen atoms in total. The number of rotatable bonds is 0. The Labute approximate surface area is 128 Å². The second-order valence-electron chi connectivity index (χ2n) is 4.73. The summed E-state index contributed by atoms with van der Waals surface area (Å²) in [6.45, 7) is 1.05. The second kappa shape index (κ2) is 8.10. The number of cyclic esters (lactones) is 1. The highest BCUT2D eigenvalue weighted by atomic mass is 79.9. The average molecular weight is 339 g/mol. The fraction of sp³-hybridized carbons (Fsp3) is 0.438. The predicted molar refractivity (Wildman–Crippen MR) is 82.3 cm³/mol. The monoisotopic (exact) mass is 338 g/mol. The van der Waals surface area contributed by atoms with E-state index in [-0.39, 0.29) is 5.97 Å². The van der Waals surface area contributed by atoms with E-state index < -0.39 is 0 Å². The van der Waals surface area contributed by atoms with Gasteiger partial charge in [0, 0.05) is 0 Å². The summed E-state index contributed by atoms with van der Waals surface area (Å²) in [5.41, 5.74) is 0.515. The number of carbonyl (C=O) groups is 1. The normalized spacial score (nSPS) is 20.6. The number of carbonyl (C=O) groups excluding carboxylic acids is 1. The highest BCUT2D eigenvalue weighted by Gasteiger charge is 2.13. The second-order valence-corrected chi connectivity index (χ2v) is 5.75. The smallest absolute Gasteiger partial charge is 0.341 e. The van der Waals surface area contributed by atoms with Crippen molar-refractivity contribution in [1.29, 1.82) is 0 Å². The van der Waals surface area contributed by atoms with Crippen LogP contribution >= 0.6 is 15.9 Å². The Kier molecular flexibility index (Phi) is 6.12. The lowest BCUT2D eigenvalue weighted by molar-refractivity contribution is 0.0494. The van der Waals surface area contributed by atoms with Crippen molar-refractivity contribution in [3.05, 3.63) is 40.4 Å². The molecule has 1 aromatic carbocycles. The van der Waals surface area contributed by atoms with E-state index in [1.165, 1.54) is 4.48 Å². The van der Waals surface area contributed by atoms with Gasteiger partial charge in [-0.1, -0.05) is 34.1 Å². The largest absolute Gasteiger partial charge is 0.493 e. The number of allylic oxidation sites excluding steroid dienone is 2. The first-order chi connectivity index (χ1) is 9.77. The molecule has 1 aliphatic rings. The maximum absolute atomic E-state index is 12.0. The van der Waals surface area contributed by atoms with Crippen LogP contribution in [0.2, 0.25) is 0 Å². The van der Waals surface area contributed by atoms with Gasteiger partial charge in [0.15, 0.2) is 0 Å². The van der Waals surface area contributed by atoms with Crippen molar-refractivity contribution >= 4 is 21.9 Å². The minimum atomic E-state index is -0.299. The van der Waals surface area contributed by atoms with Crippen LogP contribution in [-0.4, -0.2) is 19.2 Å². The van der Waals surface area contributed by atoms with E-state index in [1.807, 2.05) is 18.2 Å². The fourth-order valence-electron chi connectivity index (χ4n) is 2.03. The van der Waals surface area contributed by atoms with Gasteiger partial charge in [-0.2, -0.15) is 0 Å². The fourth-order valence-corrected chi connectivity index (χ4v) is 2.54. The zero-order valence-corrected chi connectivity index (χ0v) is 13.0. The molecule has 1 aromatic rings. The maximum atomic E-state index is 12.0. The average Bonchev–Trinajstić information content (AvgIpc) is 2.46. The quantitative estimate of drug-likeness (QED) is 0.655. The maximum Gasteiger partial charge on any atom is 0.341 e. The van der Waals surface area contributed by atoms with Gasteiger partial charge in [-0.25, -0.2) is 4.79 Å². The summed E-state index contributed by atoms with van der Waals surface area (Å²) in [6.07, 6.45) is 6.99. The predicted octanol–water partition coefficient (Wildman–Crippen LogP) is 4.47. The minimum absolute atomic E-state index is 0.299. The molecule has 0 radical (unpaired) electrons. The summed E-state index contributed by atoms with van der Waals surface area (Å²) in [5, 5.41) is 0. The van der Waals surface area contributed by atoms with Gasteiger partial charge in [0.2, 0.25) is 0 Å². The van der Waals surface area contributed by atoms with E-state index in [4.69, 9.17) is 9.47 Å². The third-order valence-corrected chi connectivity index (χ3v) is 3.84. The molecule has 0 N–H and O–H groups in total. The van der Waals surface area contributed by atoms with Gasteiger partial charge in [-0.05, 0) is 48.7 Å². The van der Waals surface area contributed by atoms with Crippen LogP contribution in [0.5, 0.6) is 5.75 Å². The molecule has 0 bridgehead atoms. The van der Waals surface area contributed by atoms with E-state index in [0.717, 1.165) is 32.1 Å². The summed E-state index contributed by atoms with van der Waals surface area (Å²) >= 11 is 3.56. The standard InChI is InChI=1S/C16H19BrO3/c17-13-7-3-5-11-19-15-10-2-1-9-14(15)16(18)20-12-6-4-8-13/h1-2,7,9-10H,3-6,8,11-12H2/b13-7-. The highest BCUT2D eigenvalue weighted by Crippen LogP contribution is 2.21. The third-order valence-electron chi connectivity index (χ3n) is 3.12. The molecule has 1 heterocycles. The summed E-state index contributed by atoms with van der Waals surface area (Å²) < 4.78 is 12.2. The van der Waals surface area contributed by atoms with Crippen LogP contribution in [0.25, 0.3) is 0 Å². The Morgan fingerprint density at radius 2 is 1.80 bits per heavy atom. The van der Waals surface area contributed by atoms with Crippen LogP contribution in [-0.2, 0) is 4.74 Å². The molecule has 0 fully saturated rings. The van der Waals surface area contributed by atoms with Crippen molar-refractivity contribution in [3.8, 4) is 5.75 Å². The number of hydrogen-bond acceptors (Lipinski definition) is 3. The number of hydrogen-bond donors (Lipinski definition) is 0. The zero-order valence-electron chi connectivity index (χ0n) is 11.4. The van der Waals surface area contributed by atoms with Crippen LogP contribution in [0.1, 0.15) is 42.5 Å². The van der Waals surface area contributed by atoms with Gasteiger partial charge in [-0.15, -0.1) is 0 Å². The van der Waals surface area contributed by atoms with E-state index in [0.29, 0.717) is 24.5 Å². The molecule has 0 spiro atoms. The summed E-state index contributed by atoms with van der Waals surface area (Å²) in [6, 6.07) is 7.26. The van der Waals surface area contributed by atoms with Crippen molar-refractivity contribution < 1.29 is 14.3 Å². The van der Waals surface area contributed by atoms with Crippen LogP contribution in [0.15, 0.2) is 34.8 Å². The molecule has 0 saturated heterocycles. The molecular weight excluding hydrogens is 320 g/mol. The van der Waals surface area contributed by atoms with E-state index >= 15 is 0 Å². The molecule has 0 amide bonds. The SMILES string of the molecule is O=C1OCCCC/C(Br)=C/CCCOc2ccccc21. The number of esters is 1. The number of halogens is 1. The Morgan fingerprint density at radius 3 is 2.70 bits per heavy atom. The van der Waals surface area contributed by atoms with Crippen LogP contribution in [0, 0.1) is 0 Å². The Hall–Kier alpha value is -1.29. The molecule has 4 heteroatoms. The van der Waals surface area contributed by atoms with Crippen LogP contribution in [0.4, 0.5) is 0 Å². The molecule has 1 aliphatic heterocycles. The van der Waals surface area contributed by atoms with Gasteiger partial charge >= 0.3 is 5.97 Å². The van der Waals surface area contributed by atoms with Gasteiger partial charge in [0.1, 0.15) is 11.3 Å². The van der Waals surface area contributed by atoms with E-state index in [9.17, 15) is 4.79 Å². The van der Waals surface area contributed by atoms with Crippen molar-refractivity contribution in [2.45, 2.75) is 32.1 Å². The summed E-state index contributed by atoms with van der Waals surface area (Å²) in [5.74, 6) is 0.310. The number of benzene rings is 1. The van der Waals surface area contributed by atoms with Crippen molar-refractivity contribution in [1.82, 2.24) is 0 Å². The third kappa shape index (κ3) is 4.67. The Balaban J connectivity index is 2.07. The lowest BCUT2D eigenvalue weighted by atomic mass is 10.2. The molecule has 0 atom stereocenters. The zero-order chi connectivity index (χ0) is 14.2. The number of ether oxygens (including phenoxy) is 2. The van der Waals surface area contributed by atoms with Crippen molar-refractivity contribution in [2.75, 3.05) is 13.2 Å². The summed E-state index contributed by atoms with van der Waals surface area (Å²) in [4.78, 5) is 12.0. The van der Waals surface area contributed by atoms with E-state index in [1.54, 1.807) is 6.07 Å². The molecular formula is C16H19BrO3. The van der Waals surface area contributed by atoms with Crippen molar-refractivity contribution in [3.63, 3.8) is 0 Å². The van der Waals surface area contributed by atoms with Crippen LogP contribution in [0.3, 0.4) is 0 Å².